The first-order valence-electron chi connectivity index (χ1n) is 6.73. The Labute approximate surface area is 113 Å². The maximum absolute atomic E-state index is 12.1. The van der Waals surface area contributed by atoms with Crippen LogP contribution in [0.15, 0.2) is 24.3 Å². The number of hydrogen-bond donors (Lipinski definition) is 2. The van der Waals surface area contributed by atoms with Crippen molar-refractivity contribution in [3.8, 4) is 5.75 Å². The number of ether oxygens (including phenoxy) is 1. The van der Waals surface area contributed by atoms with Gasteiger partial charge in [0.15, 0.2) is 0 Å². The Bertz CT molecular complexity index is 439. The van der Waals surface area contributed by atoms with E-state index in [1.807, 2.05) is 24.3 Å². The van der Waals surface area contributed by atoms with E-state index in [1.165, 1.54) is 0 Å². The molecule has 0 saturated heterocycles. The van der Waals surface area contributed by atoms with Crippen LogP contribution in [0, 0.1) is 0 Å². The van der Waals surface area contributed by atoms with E-state index in [9.17, 15) is 9.90 Å². The fourth-order valence-corrected chi connectivity index (χ4v) is 2.74. The van der Waals surface area contributed by atoms with E-state index in [4.69, 9.17) is 4.74 Å². The predicted octanol–water partition coefficient (Wildman–Crippen LogP) is 1.66. The molecular formula is C15H21NO3. The molecule has 1 amide bonds. The van der Waals surface area contributed by atoms with Gasteiger partial charge in [-0.05, 0) is 18.9 Å². The van der Waals surface area contributed by atoms with Crippen molar-refractivity contribution in [3.05, 3.63) is 29.8 Å². The molecule has 2 N–H and O–H groups in total. The zero-order chi connectivity index (χ0) is 13.7. The first-order valence-corrected chi connectivity index (χ1v) is 6.73. The predicted molar refractivity (Wildman–Crippen MR) is 73.1 cm³/mol. The Kier molecular flexibility index (Phi) is 4.43. The fourth-order valence-electron chi connectivity index (χ4n) is 2.74. The Hall–Kier alpha value is -1.55. The van der Waals surface area contributed by atoms with Crippen LogP contribution in [0.1, 0.15) is 31.2 Å². The third kappa shape index (κ3) is 3.26. The van der Waals surface area contributed by atoms with Gasteiger partial charge in [-0.1, -0.05) is 31.0 Å². The lowest BCUT2D eigenvalue weighted by Crippen LogP contribution is -2.49. The van der Waals surface area contributed by atoms with E-state index < -0.39 is 5.54 Å². The number of amides is 1. The molecule has 0 unspecified atom stereocenters. The summed E-state index contributed by atoms with van der Waals surface area (Å²) in [6.07, 6.45) is 4.14. The molecule has 1 fully saturated rings. The molecule has 0 aliphatic heterocycles. The van der Waals surface area contributed by atoms with Gasteiger partial charge in [-0.3, -0.25) is 4.79 Å². The highest BCUT2D eigenvalue weighted by Crippen LogP contribution is 2.29. The molecule has 1 aliphatic carbocycles. The average molecular weight is 263 g/mol. The van der Waals surface area contributed by atoms with Crippen molar-refractivity contribution < 1.29 is 14.6 Å². The van der Waals surface area contributed by atoms with Crippen molar-refractivity contribution in [1.29, 1.82) is 0 Å². The molecule has 4 heteroatoms. The summed E-state index contributed by atoms with van der Waals surface area (Å²) in [5, 5.41) is 12.5. The van der Waals surface area contributed by atoms with Crippen LogP contribution in [0.2, 0.25) is 0 Å². The second-order valence-corrected chi connectivity index (χ2v) is 5.18. The SMILES string of the molecule is COc1ccccc1CC(=O)NC1(CO)CCCC1. The first kappa shape index (κ1) is 13.9. The Morgan fingerprint density at radius 1 is 1.37 bits per heavy atom. The van der Waals surface area contributed by atoms with Crippen molar-refractivity contribution in [2.75, 3.05) is 13.7 Å². The standard InChI is InChI=1S/C15H21NO3/c1-19-13-7-3-2-6-12(13)10-14(18)16-15(11-17)8-4-5-9-15/h2-3,6-7,17H,4-5,8-11H2,1H3,(H,16,18). The summed E-state index contributed by atoms with van der Waals surface area (Å²) in [6, 6.07) is 7.51. The number of carbonyl (C=O) groups excluding carboxylic acids is 1. The number of rotatable bonds is 5. The van der Waals surface area contributed by atoms with E-state index in [-0.39, 0.29) is 18.9 Å². The summed E-state index contributed by atoms with van der Waals surface area (Å²) in [5.74, 6) is 0.669. The molecule has 104 valence electrons. The minimum absolute atomic E-state index is 0.0185. The fraction of sp³-hybridized carbons (Fsp3) is 0.533. The molecule has 1 saturated carbocycles. The van der Waals surface area contributed by atoms with Crippen LogP contribution in [-0.2, 0) is 11.2 Å². The molecule has 1 aromatic rings. The smallest absolute Gasteiger partial charge is 0.225 e. The lowest BCUT2D eigenvalue weighted by Gasteiger charge is -2.28. The molecule has 1 aliphatic rings. The van der Waals surface area contributed by atoms with Gasteiger partial charge >= 0.3 is 0 Å². The topological polar surface area (TPSA) is 58.6 Å². The summed E-state index contributed by atoms with van der Waals surface area (Å²) in [4.78, 5) is 12.1. The van der Waals surface area contributed by atoms with Gasteiger partial charge in [0.25, 0.3) is 0 Å². The van der Waals surface area contributed by atoms with Crippen molar-refractivity contribution in [2.24, 2.45) is 0 Å². The molecule has 1 aromatic carbocycles. The van der Waals surface area contributed by atoms with E-state index in [0.29, 0.717) is 0 Å². The number of hydrogen-bond acceptors (Lipinski definition) is 3. The van der Waals surface area contributed by atoms with Gasteiger partial charge in [0, 0.05) is 5.56 Å². The van der Waals surface area contributed by atoms with Crippen LogP contribution in [-0.4, -0.2) is 30.3 Å². The highest BCUT2D eigenvalue weighted by atomic mass is 16.5. The monoisotopic (exact) mass is 263 g/mol. The molecule has 0 spiro atoms. The van der Waals surface area contributed by atoms with Crippen molar-refractivity contribution in [1.82, 2.24) is 5.32 Å². The molecule has 0 aromatic heterocycles. The van der Waals surface area contributed by atoms with Gasteiger partial charge in [0.2, 0.25) is 5.91 Å². The van der Waals surface area contributed by atoms with Gasteiger partial charge < -0.3 is 15.2 Å². The number of nitrogens with one attached hydrogen (secondary N) is 1. The number of para-hydroxylation sites is 1. The Morgan fingerprint density at radius 3 is 2.68 bits per heavy atom. The zero-order valence-electron chi connectivity index (χ0n) is 11.3. The van der Waals surface area contributed by atoms with Crippen LogP contribution < -0.4 is 10.1 Å². The lowest BCUT2D eigenvalue weighted by atomic mass is 9.98. The second kappa shape index (κ2) is 6.06. The normalized spacial score (nSPS) is 17.2. The summed E-state index contributed by atoms with van der Waals surface area (Å²) < 4.78 is 5.24. The van der Waals surface area contributed by atoms with Gasteiger partial charge in [-0.25, -0.2) is 0 Å². The number of aliphatic hydroxyl groups is 1. The van der Waals surface area contributed by atoms with E-state index >= 15 is 0 Å². The van der Waals surface area contributed by atoms with Crippen LogP contribution >= 0.6 is 0 Å². The molecular weight excluding hydrogens is 242 g/mol. The minimum atomic E-state index is -0.404. The minimum Gasteiger partial charge on any atom is -0.496 e. The molecule has 2 rings (SSSR count). The summed E-state index contributed by atoms with van der Waals surface area (Å²) >= 11 is 0. The number of carbonyl (C=O) groups is 1. The quantitative estimate of drug-likeness (QED) is 0.849. The Morgan fingerprint density at radius 2 is 2.05 bits per heavy atom. The first-order chi connectivity index (χ1) is 9.19. The number of methoxy groups -OCH3 is 1. The highest BCUT2D eigenvalue weighted by molar-refractivity contribution is 5.80. The van der Waals surface area contributed by atoms with Crippen LogP contribution in [0.25, 0.3) is 0 Å². The van der Waals surface area contributed by atoms with Crippen molar-refractivity contribution in [2.45, 2.75) is 37.6 Å². The number of benzene rings is 1. The van der Waals surface area contributed by atoms with Crippen molar-refractivity contribution in [3.63, 3.8) is 0 Å². The number of aliphatic hydroxyl groups excluding tert-OH is 1. The highest BCUT2D eigenvalue weighted by Gasteiger charge is 2.34. The molecule has 0 heterocycles. The van der Waals surface area contributed by atoms with E-state index in [1.54, 1.807) is 7.11 Å². The van der Waals surface area contributed by atoms with Crippen LogP contribution in [0.4, 0.5) is 0 Å². The summed E-state index contributed by atoms with van der Waals surface area (Å²) in [7, 11) is 1.60. The van der Waals surface area contributed by atoms with Gasteiger partial charge in [-0.2, -0.15) is 0 Å². The third-order valence-electron chi connectivity index (χ3n) is 3.81. The second-order valence-electron chi connectivity index (χ2n) is 5.18. The molecule has 0 bridgehead atoms. The Balaban J connectivity index is 2.01. The average Bonchev–Trinajstić information content (AvgIpc) is 2.88. The summed E-state index contributed by atoms with van der Waals surface area (Å²) in [6.45, 7) is 0.0185. The largest absolute Gasteiger partial charge is 0.496 e. The maximum Gasteiger partial charge on any atom is 0.225 e. The van der Waals surface area contributed by atoms with E-state index in [0.717, 1.165) is 37.0 Å². The molecule has 4 nitrogen and oxygen atoms in total. The van der Waals surface area contributed by atoms with Gasteiger partial charge in [0.1, 0.15) is 5.75 Å². The molecule has 19 heavy (non-hydrogen) atoms. The lowest BCUT2D eigenvalue weighted by molar-refractivity contribution is -0.122. The van der Waals surface area contributed by atoms with Crippen LogP contribution in [0.3, 0.4) is 0 Å². The molecule has 0 radical (unpaired) electrons. The van der Waals surface area contributed by atoms with Crippen LogP contribution in [0.5, 0.6) is 5.75 Å². The molecule has 0 atom stereocenters. The zero-order valence-corrected chi connectivity index (χ0v) is 11.3. The third-order valence-corrected chi connectivity index (χ3v) is 3.81. The maximum atomic E-state index is 12.1. The van der Waals surface area contributed by atoms with Gasteiger partial charge in [0.05, 0.1) is 25.7 Å². The van der Waals surface area contributed by atoms with Crippen molar-refractivity contribution >= 4 is 5.91 Å². The van der Waals surface area contributed by atoms with Gasteiger partial charge in [-0.15, -0.1) is 0 Å². The van der Waals surface area contributed by atoms with E-state index in [2.05, 4.69) is 5.32 Å². The summed E-state index contributed by atoms with van der Waals surface area (Å²) in [5.41, 5.74) is 0.465.